The molecule has 3 nitrogen and oxygen atoms in total. The van der Waals surface area contributed by atoms with Crippen molar-refractivity contribution in [3.05, 3.63) is 16.1 Å². The smallest absolute Gasteiger partial charge is 0.0934 e. The van der Waals surface area contributed by atoms with Gasteiger partial charge in [-0.15, -0.1) is 11.3 Å². The Hall–Kier alpha value is -0.450. The van der Waals surface area contributed by atoms with Gasteiger partial charge in [0.25, 0.3) is 0 Å². The first kappa shape index (κ1) is 17.6. The summed E-state index contributed by atoms with van der Waals surface area (Å²) in [6, 6.07) is 0. The summed E-state index contributed by atoms with van der Waals surface area (Å²) < 4.78 is 5.08. The van der Waals surface area contributed by atoms with Gasteiger partial charge in [0, 0.05) is 37.4 Å². The van der Waals surface area contributed by atoms with Crippen LogP contribution in [0, 0.1) is 5.41 Å². The third-order valence-corrected chi connectivity index (χ3v) is 4.64. The highest BCUT2D eigenvalue weighted by molar-refractivity contribution is 7.09. The molecule has 0 spiro atoms. The molecule has 0 saturated heterocycles. The van der Waals surface area contributed by atoms with E-state index in [-0.39, 0.29) is 10.8 Å². The average molecular weight is 298 g/mol. The molecule has 1 aromatic rings. The zero-order chi connectivity index (χ0) is 15.2. The van der Waals surface area contributed by atoms with Crippen LogP contribution in [-0.4, -0.2) is 31.8 Å². The van der Waals surface area contributed by atoms with Gasteiger partial charge in [-0.3, -0.25) is 0 Å². The van der Waals surface area contributed by atoms with E-state index in [2.05, 4.69) is 45.3 Å². The molecule has 1 aromatic heterocycles. The van der Waals surface area contributed by atoms with Gasteiger partial charge in [-0.25, -0.2) is 4.98 Å². The van der Waals surface area contributed by atoms with Gasteiger partial charge in [-0.1, -0.05) is 34.6 Å². The first-order valence-corrected chi connectivity index (χ1v) is 8.33. The van der Waals surface area contributed by atoms with Crippen molar-refractivity contribution in [1.82, 2.24) is 10.3 Å². The van der Waals surface area contributed by atoms with Crippen molar-refractivity contribution < 1.29 is 4.74 Å². The van der Waals surface area contributed by atoms with Crippen LogP contribution in [0.5, 0.6) is 0 Å². The molecule has 0 bridgehead atoms. The fraction of sp³-hybridized carbons (Fsp3) is 0.812. The van der Waals surface area contributed by atoms with Crippen molar-refractivity contribution in [2.24, 2.45) is 5.41 Å². The molecule has 1 rings (SSSR count). The molecular weight excluding hydrogens is 268 g/mol. The summed E-state index contributed by atoms with van der Waals surface area (Å²) in [5.74, 6) is 0. The fourth-order valence-electron chi connectivity index (χ4n) is 1.98. The molecule has 0 radical (unpaired) electrons. The number of ether oxygens (including phenoxy) is 1. The second-order valence-electron chi connectivity index (χ2n) is 6.89. The van der Waals surface area contributed by atoms with Crippen LogP contribution < -0.4 is 5.32 Å². The van der Waals surface area contributed by atoms with Crippen LogP contribution in [0.25, 0.3) is 0 Å². The van der Waals surface area contributed by atoms with Crippen LogP contribution >= 0.6 is 11.3 Å². The fourth-order valence-corrected chi connectivity index (χ4v) is 3.22. The third-order valence-electron chi connectivity index (χ3n) is 3.79. The molecule has 0 aliphatic carbocycles. The first-order valence-electron chi connectivity index (χ1n) is 7.45. The standard InChI is InChI=1S/C16H30N2OS/c1-7-16(5,12-17-8-9-19-6)10-14-18-13(11-20-14)15(2,3)4/h11,17H,7-10,12H2,1-6H3. The Labute approximate surface area is 128 Å². The lowest BCUT2D eigenvalue weighted by atomic mass is 9.84. The van der Waals surface area contributed by atoms with Gasteiger partial charge in [-0.05, 0) is 11.8 Å². The Bertz CT molecular complexity index is 397. The maximum absolute atomic E-state index is 5.08. The van der Waals surface area contributed by atoms with E-state index in [1.807, 2.05) is 0 Å². The van der Waals surface area contributed by atoms with Crippen LogP contribution in [0.15, 0.2) is 5.38 Å². The number of nitrogens with zero attached hydrogens (tertiary/aromatic N) is 1. The van der Waals surface area contributed by atoms with Crippen LogP contribution in [-0.2, 0) is 16.6 Å². The maximum Gasteiger partial charge on any atom is 0.0934 e. The minimum Gasteiger partial charge on any atom is -0.383 e. The number of hydrogen-bond acceptors (Lipinski definition) is 4. The predicted molar refractivity (Wildman–Crippen MR) is 87.7 cm³/mol. The Morgan fingerprint density at radius 2 is 2.00 bits per heavy atom. The average Bonchev–Trinajstić information content (AvgIpc) is 2.83. The van der Waals surface area contributed by atoms with Gasteiger partial charge in [0.15, 0.2) is 0 Å². The number of nitrogens with one attached hydrogen (secondary N) is 1. The highest BCUT2D eigenvalue weighted by Crippen LogP contribution is 2.30. The molecule has 116 valence electrons. The Morgan fingerprint density at radius 1 is 1.30 bits per heavy atom. The van der Waals surface area contributed by atoms with Gasteiger partial charge in [0.2, 0.25) is 0 Å². The zero-order valence-corrected chi connectivity index (χ0v) is 14.7. The van der Waals surface area contributed by atoms with E-state index < -0.39 is 0 Å². The maximum atomic E-state index is 5.08. The summed E-state index contributed by atoms with van der Waals surface area (Å²) in [7, 11) is 1.74. The van der Waals surface area contributed by atoms with E-state index in [1.165, 1.54) is 10.7 Å². The normalized spacial score (nSPS) is 15.3. The molecule has 1 atom stereocenters. The lowest BCUT2D eigenvalue weighted by molar-refractivity contribution is 0.191. The summed E-state index contributed by atoms with van der Waals surface area (Å²) in [6.45, 7) is 14.0. The van der Waals surface area contributed by atoms with Gasteiger partial charge < -0.3 is 10.1 Å². The van der Waals surface area contributed by atoms with Crippen LogP contribution in [0.4, 0.5) is 0 Å². The molecule has 0 amide bonds. The van der Waals surface area contributed by atoms with E-state index in [0.717, 1.165) is 32.5 Å². The van der Waals surface area contributed by atoms with Crippen molar-refractivity contribution >= 4 is 11.3 Å². The van der Waals surface area contributed by atoms with Crippen LogP contribution in [0.3, 0.4) is 0 Å². The summed E-state index contributed by atoms with van der Waals surface area (Å²) >= 11 is 1.80. The zero-order valence-electron chi connectivity index (χ0n) is 13.9. The summed E-state index contributed by atoms with van der Waals surface area (Å²) in [5, 5.41) is 6.96. The first-order chi connectivity index (χ1) is 9.30. The number of thiazole rings is 1. The summed E-state index contributed by atoms with van der Waals surface area (Å²) in [6.07, 6.45) is 2.20. The summed E-state index contributed by atoms with van der Waals surface area (Å²) in [4.78, 5) is 4.82. The SMILES string of the molecule is CCC(C)(CNCCOC)Cc1nc(C(C)(C)C)cs1. The van der Waals surface area contributed by atoms with Crippen molar-refractivity contribution in [3.8, 4) is 0 Å². The van der Waals surface area contributed by atoms with Gasteiger partial charge >= 0.3 is 0 Å². The molecule has 1 unspecified atom stereocenters. The van der Waals surface area contributed by atoms with Crippen LogP contribution in [0.2, 0.25) is 0 Å². The molecule has 0 aliphatic rings. The Morgan fingerprint density at radius 3 is 2.50 bits per heavy atom. The van der Waals surface area contributed by atoms with Crippen molar-refractivity contribution in [2.75, 3.05) is 26.8 Å². The molecule has 0 aromatic carbocycles. The molecule has 20 heavy (non-hydrogen) atoms. The van der Waals surface area contributed by atoms with E-state index in [4.69, 9.17) is 9.72 Å². The molecule has 0 saturated carbocycles. The lowest BCUT2D eigenvalue weighted by Gasteiger charge is -2.27. The van der Waals surface area contributed by atoms with Gasteiger partial charge in [0.05, 0.1) is 17.3 Å². The third kappa shape index (κ3) is 5.51. The number of aromatic nitrogens is 1. The monoisotopic (exact) mass is 298 g/mol. The van der Waals surface area contributed by atoms with Crippen molar-refractivity contribution in [1.29, 1.82) is 0 Å². The van der Waals surface area contributed by atoms with Gasteiger partial charge in [0.1, 0.15) is 0 Å². The van der Waals surface area contributed by atoms with Crippen molar-refractivity contribution in [2.45, 2.75) is 52.9 Å². The van der Waals surface area contributed by atoms with Crippen LogP contribution in [0.1, 0.15) is 51.7 Å². The van der Waals surface area contributed by atoms with E-state index in [9.17, 15) is 0 Å². The molecular formula is C16H30N2OS. The van der Waals surface area contributed by atoms with E-state index in [1.54, 1.807) is 18.4 Å². The minimum absolute atomic E-state index is 0.147. The quantitative estimate of drug-likeness (QED) is 0.744. The number of rotatable bonds is 8. The summed E-state index contributed by atoms with van der Waals surface area (Å²) in [5.41, 5.74) is 1.62. The minimum atomic E-state index is 0.147. The lowest BCUT2D eigenvalue weighted by Crippen LogP contribution is -2.34. The Kier molecular flexibility index (Phi) is 6.62. The molecule has 1 N–H and O–H groups in total. The van der Waals surface area contributed by atoms with E-state index in [0.29, 0.717) is 0 Å². The highest BCUT2D eigenvalue weighted by Gasteiger charge is 2.25. The topological polar surface area (TPSA) is 34.1 Å². The predicted octanol–water partition coefficient (Wildman–Crippen LogP) is 3.64. The van der Waals surface area contributed by atoms with Crippen molar-refractivity contribution in [3.63, 3.8) is 0 Å². The Balaban J connectivity index is 2.60. The molecule has 0 fully saturated rings. The highest BCUT2D eigenvalue weighted by atomic mass is 32.1. The van der Waals surface area contributed by atoms with E-state index >= 15 is 0 Å². The molecule has 0 aliphatic heterocycles. The number of hydrogen-bond donors (Lipinski definition) is 1. The number of methoxy groups -OCH3 is 1. The largest absolute Gasteiger partial charge is 0.383 e. The van der Waals surface area contributed by atoms with Gasteiger partial charge in [-0.2, -0.15) is 0 Å². The molecule has 1 heterocycles. The molecule has 4 heteroatoms. The second-order valence-corrected chi connectivity index (χ2v) is 7.83. The second kappa shape index (κ2) is 7.53.